The number of aliphatic hydroxyl groups is 1. The van der Waals surface area contributed by atoms with Crippen molar-refractivity contribution < 1.29 is 23.1 Å². The van der Waals surface area contributed by atoms with E-state index in [1.165, 1.54) is 17.1 Å². The number of carbonyl (C=O) groups excluding carboxylic acids is 1. The standard InChI is InChI=1S/C29H37N3O5S/c1-21-18-32(22(2)20-33)38(35,36)28-11-10-24(9-8-23-6-4-5-7-23)16-26(28)37-27(21)19-31(3)29(34)17-25-12-14-30-15-13-25/h10-16,21-23,27,33H,4-7,17-20H2,1-3H3/t21-,22-,27-/m1/s1. The molecule has 9 heteroatoms. The lowest BCUT2D eigenvalue weighted by Gasteiger charge is -2.37. The van der Waals surface area contributed by atoms with E-state index in [9.17, 15) is 18.3 Å². The van der Waals surface area contributed by atoms with E-state index in [1.807, 2.05) is 19.1 Å². The molecule has 2 heterocycles. The van der Waals surface area contributed by atoms with Gasteiger partial charge in [-0.25, -0.2) is 8.42 Å². The Morgan fingerprint density at radius 2 is 1.95 bits per heavy atom. The number of carbonyl (C=O) groups is 1. The molecule has 38 heavy (non-hydrogen) atoms. The van der Waals surface area contributed by atoms with Crippen LogP contribution in [-0.4, -0.2) is 72.5 Å². The molecule has 1 aliphatic heterocycles. The number of fused-ring (bicyclic) bond motifs is 1. The van der Waals surface area contributed by atoms with Crippen LogP contribution in [0.4, 0.5) is 0 Å². The van der Waals surface area contributed by atoms with Gasteiger partial charge in [-0.2, -0.15) is 4.31 Å². The van der Waals surface area contributed by atoms with Gasteiger partial charge in [0.15, 0.2) is 0 Å². The van der Waals surface area contributed by atoms with Gasteiger partial charge >= 0.3 is 0 Å². The number of ether oxygens (including phenoxy) is 1. The van der Waals surface area contributed by atoms with E-state index >= 15 is 0 Å². The van der Waals surface area contributed by atoms with Crippen molar-refractivity contribution in [1.82, 2.24) is 14.2 Å². The Labute approximate surface area is 226 Å². The minimum atomic E-state index is -3.93. The Balaban J connectivity index is 1.64. The van der Waals surface area contributed by atoms with Crippen LogP contribution < -0.4 is 4.74 Å². The van der Waals surface area contributed by atoms with Gasteiger partial charge in [-0.1, -0.05) is 31.6 Å². The highest BCUT2D eigenvalue weighted by Gasteiger charge is 2.38. The maximum Gasteiger partial charge on any atom is 0.247 e. The summed E-state index contributed by atoms with van der Waals surface area (Å²) in [5, 5.41) is 9.84. The number of likely N-dealkylation sites (N-methyl/N-ethyl adjacent to an activating group) is 1. The topological polar surface area (TPSA) is 100 Å². The van der Waals surface area contributed by atoms with E-state index in [1.54, 1.807) is 49.5 Å². The van der Waals surface area contributed by atoms with Crippen molar-refractivity contribution in [3.8, 4) is 17.6 Å². The van der Waals surface area contributed by atoms with Gasteiger partial charge in [0.05, 0.1) is 19.6 Å². The third-order valence-electron chi connectivity index (χ3n) is 7.43. The quantitative estimate of drug-likeness (QED) is 0.567. The summed E-state index contributed by atoms with van der Waals surface area (Å²) < 4.78 is 35.1. The number of nitrogens with zero attached hydrogens (tertiary/aromatic N) is 3. The van der Waals surface area contributed by atoms with E-state index in [2.05, 4.69) is 16.8 Å². The summed E-state index contributed by atoms with van der Waals surface area (Å²) >= 11 is 0. The SMILES string of the molecule is C[C@@H]1CN([C@H](C)CO)S(=O)(=O)c2ccc(C#CC3CCCC3)cc2O[C@@H]1CN(C)C(=O)Cc1ccncc1. The molecule has 3 atom stereocenters. The maximum atomic E-state index is 13.7. The Kier molecular flexibility index (Phi) is 9.08. The largest absolute Gasteiger partial charge is 0.487 e. The third kappa shape index (κ3) is 6.55. The number of sulfonamides is 1. The van der Waals surface area contributed by atoms with Gasteiger partial charge in [0.2, 0.25) is 15.9 Å². The predicted molar refractivity (Wildman–Crippen MR) is 145 cm³/mol. The van der Waals surface area contributed by atoms with Crippen molar-refractivity contribution in [2.45, 2.75) is 63.0 Å². The Bertz CT molecular complexity index is 1280. The fraction of sp³-hybridized carbons (Fsp3) is 0.517. The van der Waals surface area contributed by atoms with Crippen LogP contribution in [0.15, 0.2) is 47.6 Å². The monoisotopic (exact) mass is 539 g/mol. The first-order chi connectivity index (χ1) is 18.2. The van der Waals surface area contributed by atoms with Gasteiger partial charge < -0.3 is 14.7 Å². The number of rotatable bonds is 6. The summed E-state index contributed by atoms with van der Waals surface area (Å²) in [7, 11) is -2.20. The van der Waals surface area contributed by atoms with Crippen molar-refractivity contribution >= 4 is 15.9 Å². The molecule has 1 aliphatic carbocycles. The summed E-state index contributed by atoms with van der Waals surface area (Å²) in [6.07, 6.45) is 7.65. The predicted octanol–water partition coefficient (Wildman–Crippen LogP) is 3.09. The van der Waals surface area contributed by atoms with Crippen LogP contribution in [0, 0.1) is 23.7 Å². The van der Waals surface area contributed by atoms with Crippen molar-refractivity contribution in [2.24, 2.45) is 11.8 Å². The summed E-state index contributed by atoms with van der Waals surface area (Å²) in [5.41, 5.74) is 1.56. The maximum absolute atomic E-state index is 13.7. The van der Waals surface area contributed by atoms with Crippen LogP contribution >= 0.6 is 0 Å². The molecule has 0 spiro atoms. The van der Waals surface area contributed by atoms with Crippen LogP contribution in [0.3, 0.4) is 0 Å². The fourth-order valence-corrected chi connectivity index (χ4v) is 6.78. The third-order valence-corrected chi connectivity index (χ3v) is 9.45. The van der Waals surface area contributed by atoms with Crippen LogP contribution in [0.25, 0.3) is 0 Å². The van der Waals surface area contributed by atoms with Gasteiger partial charge in [-0.3, -0.25) is 9.78 Å². The molecule has 1 fully saturated rings. The van der Waals surface area contributed by atoms with E-state index in [0.717, 1.165) is 18.4 Å². The zero-order valence-corrected chi connectivity index (χ0v) is 23.2. The van der Waals surface area contributed by atoms with Crippen molar-refractivity contribution in [1.29, 1.82) is 0 Å². The molecule has 1 aromatic heterocycles. The summed E-state index contributed by atoms with van der Waals surface area (Å²) in [5.74, 6) is 6.81. The molecule has 1 N–H and O–H groups in total. The zero-order chi connectivity index (χ0) is 27.3. The number of aliphatic hydroxyl groups excluding tert-OH is 1. The van der Waals surface area contributed by atoms with Gasteiger partial charge in [0.1, 0.15) is 16.7 Å². The molecular formula is C29H37N3O5S. The van der Waals surface area contributed by atoms with Gasteiger partial charge in [0.25, 0.3) is 0 Å². The zero-order valence-electron chi connectivity index (χ0n) is 22.3. The summed E-state index contributed by atoms with van der Waals surface area (Å²) in [4.78, 5) is 18.6. The first kappa shape index (κ1) is 28.1. The Morgan fingerprint density at radius 1 is 1.24 bits per heavy atom. The highest BCUT2D eigenvalue weighted by molar-refractivity contribution is 7.89. The molecule has 2 aliphatic rings. The molecule has 204 valence electrons. The molecular weight excluding hydrogens is 502 g/mol. The molecule has 0 radical (unpaired) electrons. The summed E-state index contributed by atoms with van der Waals surface area (Å²) in [6.45, 7) is 3.73. The molecule has 1 saturated carbocycles. The second-order valence-electron chi connectivity index (χ2n) is 10.5. The number of aromatic nitrogens is 1. The molecule has 1 amide bonds. The van der Waals surface area contributed by atoms with E-state index in [-0.39, 0.29) is 48.6 Å². The Morgan fingerprint density at radius 3 is 2.63 bits per heavy atom. The summed E-state index contributed by atoms with van der Waals surface area (Å²) in [6, 6.07) is 7.97. The smallest absolute Gasteiger partial charge is 0.247 e. The van der Waals surface area contributed by atoms with Gasteiger partial charge in [-0.15, -0.1) is 0 Å². The highest BCUT2D eigenvalue weighted by atomic mass is 32.2. The fourth-order valence-electron chi connectivity index (χ4n) is 4.96. The van der Waals surface area contributed by atoms with Crippen LogP contribution in [0.2, 0.25) is 0 Å². The number of hydrogen-bond acceptors (Lipinski definition) is 6. The lowest BCUT2D eigenvalue weighted by molar-refractivity contribution is -0.130. The molecule has 0 unspecified atom stereocenters. The normalized spacial score (nSPS) is 22.2. The second kappa shape index (κ2) is 12.3. The van der Waals surface area contributed by atoms with Gasteiger partial charge in [0, 0.05) is 49.4 Å². The first-order valence-corrected chi connectivity index (χ1v) is 14.7. The lowest BCUT2D eigenvalue weighted by Crippen LogP contribution is -2.50. The van der Waals surface area contributed by atoms with Crippen LogP contribution in [-0.2, 0) is 21.2 Å². The molecule has 4 rings (SSSR count). The minimum absolute atomic E-state index is 0.0480. The van der Waals surface area contributed by atoms with E-state index in [4.69, 9.17) is 4.74 Å². The number of amides is 1. The number of pyridine rings is 1. The number of hydrogen-bond donors (Lipinski definition) is 1. The van der Waals surface area contributed by atoms with Crippen LogP contribution in [0.1, 0.15) is 50.7 Å². The minimum Gasteiger partial charge on any atom is -0.487 e. The molecule has 0 saturated heterocycles. The second-order valence-corrected chi connectivity index (χ2v) is 12.3. The van der Waals surface area contributed by atoms with Crippen molar-refractivity contribution in [3.63, 3.8) is 0 Å². The van der Waals surface area contributed by atoms with E-state index < -0.39 is 22.2 Å². The molecule has 1 aromatic carbocycles. The lowest BCUT2D eigenvalue weighted by atomic mass is 10.0. The molecule has 0 bridgehead atoms. The first-order valence-electron chi connectivity index (χ1n) is 13.3. The highest BCUT2D eigenvalue weighted by Crippen LogP contribution is 2.34. The molecule has 8 nitrogen and oxygen atoms in total. The van der Waals surface area contributed by atoms with Crippen LogP contribution in [0.5, 0.6) is 5.75 Å². The average Bonchev–Trinajstić information content (AvgIpc) is 3.43. The Hall–Kier alpha value is -2.93. The van der Waals surface area contributed by atoms with Crippen molar-refractivity contribution in [3.05, 3.63) is 53.9 Å². The number of benzene rings is 1. The van der Waals surface area contributed by atoms with E-state index in [0.29, 0.717) is 11.5 Å². The average molecular weight is 540 g/mol. The van der Waals surface area contributed by atoms with Crippen molar-refractivity contribution in [2.75, 3.05) is 26.7 Å². The molecule has 2 aromatic rings. The van der Waals surface area contributed by atoms with Gasteiger partial charge in [-0.05, 0) is 55.7 Å².